The van der Waals surface area contributed by atoms with Gasteiger partial charge in [0.25, 0.3) is 0 Å². The van der Waals surface area contributed by atoms with Crippen molar-refractivity contribution in [3.63, 3.8) is 0 Å². The molecule has 0 aromatic heterocycles. The Bertz CT molecular complexity index is 515. The summed E-state index contributed by atoms with van der Waals surface area (Å²) in [6.07, 6.45) is 0. The van der Waals surface area contributed by atoms with Crippen LogP contribution in [-0.4, -0.2) is 28.2 Å². The van der Waals surface area contributed by atoms with Crippen LogP contribution in [0.25, 0.3) is 0 Å². The number of halogens is 1. The molecule has 0 aliphatic rings. The Labute approximate surface area is 141 Å². The Morgan fingerprint density at radius 3 is 2.52 bits per heavy atom. The lowest BCUT2D eigenvalue weighted by atomic mass is 10.0. The number of ether oxygens (including phenoxy) is 1. The Morgan fingerprint density at radius 1 is 1.38 bits per heavy atom. The molecule has 0 atom stereocenters. The van der Waals surface area contributed by atoms with Crippen molar-refractivity contribution in [2.75, 3.05) is 17.3 Å². The molecule has 0 saturated carbocycles. The zero-order chi connectivity index (χ0) is 16.0. The van der Waals surface area contributed by atoms with E-state index in [1.165, 1.54) is 11.8 Å². The number of rotatable bonds is 4. The summed E-state index contributed by atoms with van der Waals surface area (Å²) in [4.78, 5) is 14.3. The molecule has 0 radical (unpaired) electrons. The van der Waals surface area contributed by atoms with Gasteiger partial charge in [0, 0.05) is 5.54 Å². The predicted molar refractivity (Wildman–Crippen MR) is 95.4 cm³/mol. The number of thiocarbonyl (C=S) groups is 1. The lowest BCUT2D eigenvalue weighted by Gasteiger charge is -2.36. The van der Waals surface area contributed by atoms with Crippen LogP contribution in [0.2, 0.25) is 5.02 Å². The summed E-state index contributed by atoms with van der Waals surface area (Å²) in [6.45, 7) is 8.28. The molecule has 1 amide bonds. The maximum atomic E-state index is 12.6. The average molecular weight is 346 g/mol. The summed E-state index contributed by atoms with van der Waals surface area (Å²) >= 11 is 12.5. The first kappa shape index (κ1) is 18.3. The molecule has 0 aliphatic heterocycles. The second-order valence-electron chi connectivity index (χ2n) is 5.32. The van der Waals surface area contributed by atoms with Crippen molar-refractivity contribution in [2.45, 2.75) is 33.2 Å². The largest absolute Gasteiger partial charge is 0.479 e. The number of benzene rings is 1. The fraction of sp³-hybridized carbons (Fsp3) is 0.467. The van der Waals surface area contributed by atoms with E-state index in [9.17, 15) is 4.79 Å². The minimum atomic E-state index is -0.379. The lowest BCUT2D eigenvalue weighted by Crippen LogP contribution is -2.47. The van der Waals surface area contributed by atoms with Crippen LogP contribution < -0.4 is 4.90 Å². The van der Waals surface area contributed by atoms with Crippen LogP contribution in [0.3, 0.4) is 0 Å². The number of hydrogen-bond acceptors (Lipinski definition) is 4. The van der Waals surface area contributed by atoms with E-state index in [1.807, 2.05) is 45.9 Å². The van der Waals surface area contributed by atoms with E-state index in [-0.39, 0.29) is 17.2 Å². The van der Waals surface area contributed by atoms with Gasteiger partial charge in [0.1, 0.15) is 0 Å². The first-order chi connectivity index (χ1) is 9.77. The highest BCUT2D eigenvalue weighted by Crippen LogP contribution is 2.31. The molecule has 0 fully saturated rings. The van der Waals surface area contributed by atoms with Crippen LogP contribution in [0.5, 0.6) is 0 Å². The normalized spacial score (nSPS) is 11.1. The molecule has 0 saturated heterocycles. The van der Waals surface area contributed by atoms with E-state index < -0.39 is 0 Å². The highest BCUT2D eigenvalue weighted by Gasteiger charge is 2.29. The van der Waals surface area contributed by atoms with E-state index in [0.29, 0.717) is 21.7 Å². The molecule has 1 aromatic carbocycles. The number of amides is 1. The minimum Gasteiger partial charge on any atom is -0.479 e. The molecule has 0 spiro atoms. The highest BCUT2D eigenvalue weighted by atomic mass is 35.5. The van der Waals surface area contributed by atoms with Gasteiger partial charge < -0.3 is 9.64 Å². The van der Waals surface area contributed by atoms with Crippen LogP contribution >= 0.6 is 35.6 Å². The Balaban J connectivity index is 2.92. The Hall–Kier alpha value is -0.780. The fourth-order valence-electron chi connectivity index (χ4n) is 1.85. The van der Waals surface area contributed by atoms with Crippen molar-refractivity contribution in [3.05, 3.63) is 29.3 Å². The third-order valence-corrected chi connectivity index (χ3v) is 4.13. The second-order valence-corrected chi connectivity index (χ2v) is 7.31. The van der Waals surface area contributed by atoms with Gasteiger partial charge in [-0.15, -0.1) is 0 Å². The monoisotopic (exact) mass is 345 g/mol. The molecular formula is C15H20ClNO2S2. The second kappa shape index (κ2) is 8.01. The molecule has 21 heavy (non-hydrogen) atoms. The Kier molecular flexibility index (Phi) is 6.97. The summed E-state index contributed by atoms with van der Waals surface area (Å²) in [6, 6.07) is 7.33. The van der Waals surface area contributed by atoms with Gasteiger partial charge in [-0.05, 0) is 52.0 Å². The third-order valence-electron chi connectivity index (χ3n) is 2.59. The van der Waals surface area contributed by atoms with Gasteiger partial charge in [-0.1, -0.05) is 35.5 Å². The topological polar surface area (TPSA) is 29.5 Å². The predicted octanol–water partition coefficient (Wildman–Crippen LogP) is 4.53. The van der Waals surface area contributed by atoms with Crippen molar-refractivity contribution in [2.24, 2.45) is 0 Å². The molecule has 0 unspecified atom stereocenters. The smallest absolute Gasteiger partial charge is 0.238 e. The number of thioether (sulfide) groups is 1. The SMILES string of the molecule is CCOC(=S)SCC(=O)N(c1ccccc1Cl)C(C)(C)C. The molecule has 0 bridgehead atoms. The standard InChI is InChI=1S/C15H20ClNO2S2/c1-5-19-14(20)21-10-13(18)17(15(2,3)4)12-9-7-6-8-11(12)16/h6-9H,5,10H2,1-4H3. The van der Waals surface area contributed by atoms with E-state index >= 15 is 0 Å². The number of anilines is 1. The average Bonchev–Trinajstić information content (AvgIpc) is 2.38. The zero-order valence-electron chi connectivity index (χ0n) is 12.7. The van der Waals surface area contributed by atoms with Crippen LogP contribution in [0.15, 0.2) is 24.3 Å². The summed E-state index contributed by atoms with van der Waals surface area (Å²) in [7, 11) is 0. The van der Waals surface area contributed by atoms with Crippen molar-refractivity contribution >= 4 is 51.6 Å². The number of carbonyl (C=O) groups is 1. The molecule has 3 nitrogen and oxygen atoms in total. The van der Waals surface area contributed by atoms with Crippen molar-refractivity contribution < 1.29 is 9.53 Å². The summed E-state index contributed by atoms with van der Waals surface area (Å²) in [5, 5.41) is 0.554. The lowest BCUT2D eigenvalue weighted by molar-refractivity contribution is -0.117. The van der Waals surface area contributed by atoms with Gasteiger partial charge in [0.15, 0.2) is 0 Å². The van der Waals surface area contributed by atoms with Crippen LogP contribution in [0.1, 0.15) is 27.7 Å². The van der Waals surface area contributed by atoms with Crippen molar-refractivity contribution in [3.8, 4) is 0 Å². The number of hydrogen-bond donors (Lipinski definition) is 0. The molecule has 1 aromatic rings. The van der Waals surface area contributed by atoms with Gasteiger partial charge in [0.05, 0.1) is 23.1 Å². The quantitative estimate of drug-likeness (QED) is 0.750. The minimum absolute atomic E-state index is 0.0531. The van der Waals surface area contributed by atoms with Crippen molar-refractivity contribution in [1.82, 2.24) is 0 Å². The summed E-state index contributed by atoms with van der Waals surface area (Å²) < 4.78 is 5.57. The third kappa shape index (κ3) is 5.49. The molecule has 6 heteroatoms. The van der Waals surface area contributed by atoms with E-state index in [0.717, 1.165) is 0 Å². The number of para-hydroxylation sites is 1. The molecule has 0 N–H and O–H groups in total. The number of carbonyl (C=O) groups excluding carboxylic acids is 1. The summed E-state index contributed by atoms with van der Waals surface area (Å²) in [5.74, 6) is 0.170. The van der Waals surface area contributed by atoms with Crippen LogP contribution in [-0.2, 0) is 9.53 Å². The van der Waals surface area contributed by atoms with Crippen LogP contribution in [0.4, 0.5) is 5.69 Å². The molecule has 116 valence electrons. The molecule has 1 rings (SSSR count). The van der Waals surface area contributed by atoms with Crippen LogP contribution in [0, 0.1) is 0 Å². The number of nitrogens with zero attached hydrogens (tertiary/aromatic N) is 1. The van der Waals surface area contributed by atoms with Gasteiger partial charge >= 0.3 is 0 Å². The molecule has 0 aliphatic carbocycles. The van der Waals surface area contributed by atoms with Gasteiger partial charge in [-0.3, -0.25) is 4.79 Å². The molecular weight excluding hydrogens is 326 g/mol. The van der Waals surface area contributed by atoms with E-state index in [4.69, 9.17) is 28.6 Å². The summed E-state index contributed by atoms with van der Waals surface area (Å²) in [5.41, 5.74) is 0.329. The molecule has 0 heterocycles. The van der Waals surface area contributed by atoms with Gasteiger partial charge in [-0.25, -0.2) is 0 Å². The van der Waals surface area contributed by atoms with Crippen molar-refractivity contribution in [1.29, 1.82) is 0 Å². The van der Waals surface area contributed by atoms with Gasteiger partial charge in [-0.2, -0.15) is 0 Å². The van der Waals surface area contributed by atoms with E-state index in [2.05, 4.69) is 0 Å². The Morgan fingerprint density at radius 2 is 2.00 bits per heavy atom. The van der Waals surface area contributed by atoms with E-state index in [1.54, 1.807) is 11.0 Å². The maximum Gasteiger partial charge on any atom is 0.238 e. The zero-order valence-corrected chi connectivity index (χ0v) is 15.1. The maximum absolute atomic E-state index is 12.6. The first-order valence-corrected chi connectivity index (χ1v) is 8.41. The fourth-order valence-corrected chi connectivity index (χ4v) is 2.93. The van der Waals surface area contributed by atoms with Gasteiger partial charge in [0.2, 0.25) is 10.3 Å². The first-order valence-electron chi connectivity index (χ1n) is 6.64. The highest BCUT2D eigenvalue weighted by molar-refractivity contribution is 8.23.